The van der Waals surface area contributed by atoms with Gasteiger partial charge in [0.1, 0.15) is 18.0 Å². The molecule has 0 radical (unpaired) electrons. The van der Waals surface area contributed by atoms with E-state index >= 15 is 0 Å². The Balaban J connectivity index is 2.06. The van der Waals surface area contributed by atoms with Gasteiger partial charge in [0.05, 0.1) is 11.6 Å². The van der Waals surface area contributed by atoms with Gasteiger partial charge in [-0.2, -0.15) is 0 Å². The highest BCUT2D eigenvalue weighted by atomic mass is 35.5. The Bertz CT molecular complexity index is 577. The second-order valence-electron chi connectivity index (χ2n) is 6.57. The molecule has 1 saturated carbocycles. The van der Waals surface area contributed by atoms with Crippen LogP contribution >= 0.6 is 11.6 Å². The molecule has 1 aliphatic rings. The number of carbonyl (C=O) groups excluding carboxylic acids is 1. The molecule has 6 heteroatoms. The van der Waals surface area contributed by atoms with Gasteiger partial charge in [-0.1, -0.05) is 24.9 Å². The van der Waals surface area contributed by atoms with Gasteiger partial charge in [0.15, 0.2) is 0 Å². The summed E-state index contributed by atoms with van der Waals surface area (Å²) in [5.41, 5.74) is -0.0987. The minimum absolute atomic E-state index is 0.0926. The maximum Gasteiger partial charge on any atom is 0.256 e. The number of methoxy groups -OCH3 is 1. The van der Waals surface area contributed by atoms with Gasteiger partial charge in [-0.05, 0) is 50.3 Å². The van der Waals surface area contributed by atoms with Crippen molar-refractivity contribution in [3.8, 4) is 5.75 Å². The molecule has 140 valence electrons. The third-order valence-electron chi connectivity index (χ3n) is 4.52. The highest BCUT2D eigenvalue weighted by Gasteiger charge is 2.42. The maximum absolute atomic E-state index is 12.9. The van der Waals surface area contributed by atoms with Crippen LogP contribution in [-0.4, -0.2) is 38.4 Å². The Morgan fingerprint density at radius 2 is 2.20 bits per heavy atom. The lowest BCUT2D eigenvalue weighted by Crippen LogP contribution is -2.48. The first-order valence-electron chi connectivity index (χ1n) is 8.87. The van der Waals surface area contributed by atoms with Crippen LogP contribution in [-0.2, 0) is 14.3 Å². The topological polar surface area (TPSA) is 56.8 Å². The van der Waals surface area contributed by atoms with Crippen molar-refractivity contribution < 1.29 is 19.0 Å². The molecule has 0 aromatic heterocycles. The summed E-state index contributed by atoms with van der Waals surface area (Å²) in [4.78, 5) is 12.9. The lowest BCUT2D eigenvalue weighted by molar-refractivity contribution is -0.147. The van der Waals surface area contributed by atoms with Gasteiger partial charge in [-0.25, -0.2) is 0 Å². The number of benzene rings is 1. The molecule has 1 amide bonds. The first-order chi connectivity index (χ1) is 12.0. The predicted octanol–water partition coefficient (Wildman–Crippen LogP) is 4.29. The molecule has 1 aromatic carbocycles. The van der Waals surface area contributed by atoms with E-state index in [9.17, 15) is 4.79 Å². The Morgan fingerprint density at radius 1 is 1.40 bits per heavy atom. The fourth-order valence-electron chi connectivity index (χ4n) is 3.36. The second kappa shape index (κ2) is 9.41. The van der Waals surface area contributed by atoms with Crippen molar-refractivity contribution in [2.24, 2.45) is 5.92 Å². The fourth-order valence-corrected chi connectivity index (χ4v) is 3.59. The number of carbonyl (C=O) groups is 1. The van der Waals surface area contributed by atoms with E-state index in [0.717, 1.165) is 25.7 Å². The molecule has 1 aliphatic carbocycles. The summed E-state index contributed by atoms with van der Waals surface area (Å²) in [6, 6.07) is 5.25. The van der Waals surface area contributed by atoms with Gasteiger partial charge < -0.3 is 19.5 Å². The average molecular weight is 370 g/mol. The Kier molecular flexibility index (Phi) is 7.54. The zero-order chi connectivity index (χ0) is 18.3. The van der Waals surface area contributed by atoms with Crippen LogP contribution in [0, 0.1) is 5.92 Å². The minimum Gasteiger partial charge on any atom is -0.490 e. The number of hydrogen-bond donors (Lipinski definition) is 1. The first kappa shape index (κ1) is 20.0. The molecule has 5 nitrogen and oxygen atoms in total. The summed E-state index contributed by atoms with van der Waals surface area (Å²) in [5.74, 6) is 0.957. The van der Waals surface area contributed by atoms with Crippen LogP contribution in [0.5, 0.6) is 5.75 Å². The van der Waals surface area contributed by atoms with E-state index in [-0.39, 0.29) is 5.91 Å². The highest BCUT2D eigenvalue weighted by Crippen LogP contribution is 2.36. The average Bonchev–Trinajstić information content (AvgIpc) is 2.57. The van der Waals surface area contributed by atoms with Crippen molar-refractivity contribution in [3.05, 3.63) is 23.2 Å². The third kappa shape index (κ3) is 5.33. The standard InChI is InChI=1S/C19H28ClNO4/c1-4-25-19(9-5-6-14(2)13-19)18(22)21-15-7-8-17(16(20)12-15)24-11-10-23-3/h7-8,12,14H,4-6,9-11,13H2,1-3H3,(H,21,22)/t14-,19+/m0/s1. The zero-order valence-corrected chi connectivity index (χ0v) is 16.0. The quantitative estimate of drug-likeness (QED) is 0.694. The summed E-state index contributed by atoms with van der Waals surface area (Å²) in [5, 5.41) is 3.42. The van der Waals surface area contributed by atoms with E-state index in [2.05, 4.69) is 12.2 Å². The number of halogens is 1. The van der Waals surface area contributed by atoms with E-state index in [4.69, 9.17) is 25.8 Å². The molecular formula is C19H28ClNO4. The van der Waals surface area contributed by atoms with Gasteiger partial charge in [0.2, 0.25) is 0 Å². The lowest BCUT2D eigenvalue weighted by Gasteiger charge is -2.38. The number of hydrogen-bond acceptors (Lipinski definition) is 4. The number of amides is 1. The molecule has 0 spiro atoms. The summed E-state index contributed by atoms with van der Waals surface area (Å²) < 4.78 is 16.4. The summed E-state index contributed by atoms with van der Waals surface area (Å²) >= 11 is 6.25. The Morgan fingerprint density at radius 3 is 2.84 bits per heavy atom. The number of anilines is 1. The molecule has 2 atom stereocenters. The van der Waals surface area contributed by atoms with Crippen molar-refractivity contribution in [1.82, 2.24) is 0 Å². The molecule has 0 unspecified atom stereocenters. The van der Waals surface area contributed by atoms with Crippen LogP contribution in [0.15, 0.2) is 18.2 Å². The van der Waals surface area contributed by atoms with Crippen LogP contribution in [0.25, 0.3) is 0 Å². The van der Waals surface area contributed by atoms with E-state index in [0.29, 0.717) is 42.2 Å². The van der Waals surface area contributed by atoms with Gasteiger partial charge in [0, 0.05) is 19.4 Å². The van der Waals surface area contributed by atoms with E-state index < -0.39 is 5.60 Å². The SMILES string of the molecule is CCO[C@]1(C(=O)Nc2ccc(OCCOC)c(Cl)c2)CCC[C@H](C)C1. The normalized spacial score (nSPS) is 23.3. The van der Waals surface area contributed by atoms with Gasteiger partial charge in [-0.3, -0.25) is 4.79 Å². The summed E-state index contributed by atoms with van der Waals surface area (Å²) in [6.07, 6.45) is 3.64. The molecular weight excluding hydrogens is 342 g/mol. The monoisotopic (exact) mass is 369 g/mol. The molecule has 25 heavy (non-hydrogen) atoms. The number of ether oxygens (including phenoxy) is 3. The predicted molar refractivity (Wildman–Crippen MR) is 99.4 cm³/mol. The van der Waals surface area contributed by atoms with Crippen molar-refractivity contribution in [1.29, 1.82) is 0 Å². The van der Waals surface area contributed by atoms with Crippen molar-refractivity contribution in [2.45, 2.75) is 45.1 Å². The molecule has 1 N–H and O–H groups in total. The molecule has 0 bridgehead atoms. The van der Waals surface area contributed by atoms with Gasteiger partial charge in [-0.15, -0.1) is 0 Å². The number of nitrogens with one attached hydrogen (secondary N) is 1. The van der Waals surface area contributed by atoms with Crippen LogP contribution in [0.2, 0.25) is 5.02 Å². The van der Waals surface area contributed by atoms with Crippen molar-refractivity contribution >= 4 is 23.2 Å². The van der Waals surface area contributed by atoms with Crippen molar-refractivity contribution in [2.75, 3.05) is 32.2 Å². The maximum atomic E-state index is 12.9. The van der Waals surface area contributed by atoms with Crippen LogP contribution in [0.3, 0.4) is 0 Å². The summed E-state index contributed by atoms with van der Waals surface area (Å²) in [7, 11) is 1.62. The van der Waals surface area contributed by atoms with E-state index in [1.807, 2.05) is 6.92 Å². The largest absolute Gasteiger partial charge is 0.490 e. The fraction of sp³-hybridized carbons (Fsp3) is 0.632. The molecule has 1 fully saturated rings. The van der Waals surface area contributed by atoms with E-state index in [1.165, 1.54) is 0 Å². The summed E-state index contributed by atoms with van der Waals surface area (Å²) in [6.45, 7) is 5.53. The molecule has 0 saturated heterocycles. The molecule has 0 heterocycles. The Labute approximate surface area is 155 Å². The molecule has 0 aliphatic heterocycles. The number of rotatable bonds is 8. The molecule has 2 rings (SSSR count). The Hall–Kier alpha value is -1.30. The van der Waals surface area contributed by atoms with Gasteiger partial charge in [0.25, 0.3) is 5.91 Å². The van der Waals surface area contributed by atoms with Crippen molar-refractivity contribution in [3.63, 3.8) is 0 Å². The third-order valence-corrected chi connectivity index (χ3v) is 4.82. The van der Waals surface area contributed by atoms with E-state index in [1.54, 1.807) is 25.3 Å². The first-order valence-corrected chi connectivity index (χ1v) is 9.25. The second-order valence-corrected chi connectivity index (χ2v) is 6.98. The molecule has 1 aromatic rings. The van der Waals surface area contributed by atoms with Crippen LogP contribution in [0.4, 0.5) is 5.69 Å². The van der Waals surface area contributed by atoms with Crippen LogP contribution < -0.4 is 10.1 Å². The minimum atomic E-state index is -0.744. The van der Waals surface area contributed by atoms with Gasteiger partial charge >= 0.3 is 0 Å². The lowest BCUT2D eigenvalue weighted by atomic mass is 9.78. The zero-order valence-electron chi connectivity index (χ0n) is 15.3. The van der Waals surface area contributed by atoms with Crippen LogP contribution in [0.1, 0.15) is 39.5 Å². The smallest absolute Gasteiger partial charge is 0.256 e. The highest BCUT2D eigenvalue weighted by molar-refractivity contribution is 6.32.